The van der Waals surface area contributed by atoms with E-state index in [2.05, 4.69) is 35.3 Å². The van der Waals surface area contributed by atoms with E-state index in [0.717, 1.165) is 41.8 Å². The highest BCUT2D eigenvalue weighted by atomic mass is 19.1. The molecule has 32 heavy (non-hydrogen) atoms. The first kappa shape index (κ1) is 21.7. The molecule has 2 aromatic heterocycles. The summed E-state index contributed by atoms with van der Waals surface area (Å²) in [4.78, 5) is 17.7. The highest BCUT2D eigenvalue weighted by Gasteiger charge is 2.24. The molecule has 1 aliphatic carbocycles. The Morgan fingerprint density at radius 2 is 2.00 bits per heavy atom. The molecule has 0 radical (unpaired) electrons. The number of hydrogen-bond acceptors (Lipinski definition) is 3. The third kappa shape index (κ3) is 4.54. The molecule has 2 heterocycles. The number of nitrogens with one attached hydrogen (secondary N) is 1. The topological polar surface area (TPSA) is 59.8 Å². The summed E-state index contributed by atoms with van der Waals surface area (Å²) in [6, 6.07) is 9.97. The van der Waals surface area contributed by atoms with E-state index >= 15 is 0 Å². The maximum atomic E-state index is 13.4. The fraction of sp³-hybridized carbons (Fsp3) is 0.269. The Morgan fingerprint density at radius 1 is 1.19 bits per heavy atom. The standard InChI is InChI=1S/C26H27FN4O/c1-3-6-24(19-7-5-14-28-16-19)30-26(32)22-13-8-18(4-2)15-25-23(22)17-29-31(25)21-11-9-20(27)10-12-21/h5,7,9-17,24H,3-4,6,8H2,1-2H3,(H,30,32). The second-order valence-corrected chi connectivity index (χ2v) is 7.91. The fourth-order valence-electron chi connectivity index (χ4n) is 3.98. The number of rotatable bonds is 7. The summed E-state index contributed by atoms with van der Waals surface area (Å²) >= 11 is 0. The summed E-state index contributed by atoms with van der Waals surface area (Å²) in [6.07, 6.45) is 12.7. The molecule has 1 N–H and O–H groups in total. The molecule has 1 aromatic carbocycles. The van der Waals surface area contributed by atoms with Crippen LogP contribution in [0.2, 0.25) is 0 Å². The van der Waals surface area contributed by atoms with Crippen molar-refractivity contribution >= 4 is 17.6 Å². The van der Waals surface area contributed by atoms with Gasteiger partial charge in [-0.2, -0.15) is 5.10 Å². The normalized spacial score (nSPS) is 14.1. The van der Waals surface area contributed by atoms with Crippen LogP contribution in [0.3, 0.4) is 0 Å². The van der Waals surface area contributed by atoms with Crippen LogP contribution in [-0.2, 0) is 4.79 Å². The zero-order chi connectivity index (χ0) is 22.5. The van der Waals surface area contributed by atoms with Gasteiger partial charge in [0.15, 0.2) is 0 Å². The van der Waals surface area contributed by atoms with Gasteiger partial charge >= 0.3 is 0 Å². The van der Waals surface area contributed by atoms with Crippen molar-refractivity contribution < 1.29 is 9.18 Å². The lowest BCUT2D eigenvalue weighted by Crippen LogP contribution is -2.29. The smallest absolute Gasteiger partial charge is 0.252 e. The molecule has 0 aliphatic heterocycles. The van der Waals surface area contributed by atoms with Gasteiger partial charge in [0.25, 0.3) is 5.91 Å². The van der Waals surface area contributed by atoms with Crippen molar-refractivity contribution in [2.24, 2.45) is 0 Å². The van der Waals surface area contributed by atoms with Crippen LogP contribution in [0.5, 0.6) is 0 Å². The van der Waals surface area contributed by atoms with E-state index in [1.165, 1.54) is 17.7 Å². The van der Waals surface area contributed by atoms with Crippen molar-refractivity contribution in [2.75, 3.05) is 0 Å². The van der Waals surface area contributed by atoms with E-state index < -0.39 is 0 Å². The van der Waals surface area contributed by atoms with Crippen molar-refractivity contribution in [3.63, 3.8) is 0 Å². The van der Waals surface area contributed by atoms with Gasteiger partial charge in [0.1, 0.15) is 5.82 Å². The Hall–Kier alpha value is -3.54. The van der Waals surface area contributed by atoms with Gasteiger partial charge < -0.3 is 5.32 Å². The van der Waals surface area contributed by atoms with Gasteiger partial charge in [-0.3, -0.25) is 9.78 Å². The molecule has 1 unspecified atom stereocenters. The largest absolute Gasteiger partial charge is 0.345 e. The quantitative estimate of drug-likeness (QED) is 0.527. The minimum absolute atomic E-state index is 0.112. The monoisotopic (exact) mass is 430 g/mol. The lowest BCUT2D eigenvalue weighted by atomic mass is 10.0. The Labute approximate surface area is 187 Å². The molecule has 0 saturated carbocycles. The zero-order valence-electron chi connectivity index (χ0n) is 18.4. The lowest BCUT2D eigenvalue weighted by Gasteiger charge is -2.19. The van der Waals surface area contributed by atoms with Crippen LogP contribution < -0.4 is 5.32 Å². The molecule has 1 aliphatic rings. The van der Waals surface area contributed by atoms with Crippen molar-refractivity contribution in [3.8, 4) is 5.69 Å². The predicted molar refractivity (Wildman–Crippen MR) is 124 cm³/mol. The molecule has 1 amide bonds. The predicted octanol–water partition coefficient (Wildman–Crippen LogP) is 5.64. The average Bonchev–Trinajstić information content (AvgIpc) is 3.12. The summed E-state index contributed by atoms with van der Waals surface area (Å²) in [7, 11) is 0. The van der Waals surface area contributed by atoms with E-state index in [0.29, 0.717) is 12.0 Å². The Bertz CT molecular complexity index is 1150. The van der Waals surface area contributed by atoms with Gasteiger partial charge in [0, 0.05) is 23.5 Å². The number of carbonyl (C=O) groups is 1. The first-order chi connectivity index (χ1) is 15.6. The summed E-state index contributed by atoms with van der Waals surface area (Å²) in [5.74, 6) is -0.424. The molecular formula is C26H27FN4O. The maximum absolute atomic E-state index is 13.4. The third-order valence-corrected chi connectivity index (χ3v) is 5.75. The van der Waals surface area contributed by atoms with E-state index in [1.807, 2.05) is 18.2 Å². The van der Waals surface area contributed by atoms with Crippen molar-refractivity contribution in [3.05, 3.63) is 89.3 Å². The second kappa shape index (κ2) is 9.73. The minimum atomic E-state index is -0.297. The molecule has 0 saturated heterocycles. The van der Waals surface area contributed by atoms with Crippen LogP contribution in [0.25, 0.3) is 17.3 Å². The van der Waals surface area contributed by atoms with Gasteiger partial charge in [0.2, 0.25) is 0 Å². The molecule has 5 nitrogen and oxygen atoms in total. The number of hydrogen-bond donors (Lipinski definition) is 1. The summed E-state index contributed by atoms with van der Waals surface area (Å²) in [5.41, 5.74) is 5.16. The number of pyridine rings is 1. The molecule has 6 heteroatoms. The Kier molecular flexibility index (Phi) is 6.59. The molecule has 1 atom stereocenters. The SMILES string of the molecule is CCCC(NC(=O)C1=CCC(CC)=Cc2c1cnn2-c1ccc(F)cc1)c1cccnc1. The van der Waals surface area contributed by atoms with Crippen LogP contribution in [0, 0.1) is 5.82 Å². The Balaban J connectivity index is 1.69. The Morgan fingerprint density at radius 3 is 2.69 bits per heavy atom. The number of nitrogens with zero attached hydrogens (tertiary/aromatic N) is 3. The number of amides is 1. The van der Waals surface area contributed by atoms with Gasteiger partial charge in [-0.25, -0.2) is 9.07 Å². The van der Waals surface area contributed by atoms with E-state index in [9.17, 15) is 9.18 Å². The second-order valence-electron chi connectivity index (χ2n) is 7.91. The minimum Gasteiger partial charge on any atom is -0.345 e. The molecule has 164 valence electrons. The first-order valence-corrected chi connectivity index (χ1v) is 11.1. The first-order valence-electron chi connectivity index (χ1n) is 11.1. The summed E-state index contributed by atoms with van der Waals surface area (Å²) in [6.45, 7) is 4.20. The number of halogens is 1. The molecular weight excluding hydrogens is 403 g/mol. The highest BCUT2D eigenvalue weighted by molar-refractivity contribution is 6.20. The van der Waals surface area contributed by atoms with Crippen LogP contribution >= 0.6 is 0 Å². The molecule has 0 spiro atoms. The zero-order valence-corrected chi connectivity index (χ0v) is 18.4. The van der Waals surface area contributed by atoms with Crippen molar-refractivity contribution in [2.45, 2.75) is 45.6 Å². The maximum Gasteiger partial charge on any atom is 0.252 e. The fourth-order valence-corrected chi connectivity index (χ4v) is 3.98. The van der Waals surface area contributed by atoms with Crippen molar-refractivity contribution in [1.29, 1.82) is 0 Å². The lowest BCUT2D eigenvalue weighted by molar-refractivity contribution is -0.116. The van der Waals surface area contributed by atoms with E-state index in [4.69, 9.17) is 0 Å². The number of benzene rings is 1. The van der Waals surface area contributed by atoms with Crippen molar-refractivity contribution in [1.82, 2.24) is 20.1 Å². The van der Waals surface area contributed by atoms with Crippen LogP contribution in [0.1, 0.15) is 62.4 Å². The third-order valence-electron chi connectivity index (χ3n) is 5.75. The number of carbonyl (C=O) groups excluding carboxylic acids is 1. The molecule has 3 aromatic rings. The van der Waals surface area contributed by atoms with E-state index in [-0.39, 0.29) is 17.8 Å². The molecule has 0 bridgehead atoms. The summed E-state index contributed by atoms with van der Waals surface area (Å²) < 4.78 is 15.2. The van der Waals surface area contributed by atoms with Gasteiger partial charge in [0.05, 0.1) is 23.6 Å². The van der Waals surface area contributed by atoms with E-state index in [1.54, 1.807) is 35.4 Å². The highest BCUT2D eigenvalue weighted by Crippen LogP contribution is 2.31. The number of fused-ring (bicyclic) bond motifs is 1. The van der Waals surface area contributed by atoms with Crippen LogP contribution in [0.4, 0.5) is 4.39 Å². The van der Waals surface area contributed by atoms with Crippen LogP contribution in [0.15, 0.2) is 66.6 Å². The van der Waals surface area contributed by atoms with Gasteiger partial charge in [-0.1, -0.05) is 38.0 Å². The van der Waals surface area contributed by atoms with Crippen LogP contribution in [-0.4, -0.2) is 20.7 Å². The van der Waals surface area contributed by atoms with Gasteiger partial charge in [-0.15, -0.1) is 0 Å². The van der Waals surface area contributed by atoms with Gasteiger partial charge in [-0.05, 0) is 61.2 Å². The molecule has 4 rings (SSSR count). The number of aromatic nitrogens is 3. The molecule has 0 fully saturated rings. The average molecular weight is 431 g/mol. The number of allylic oxidation sites excluding steroid dienone is 2. The summed E-state index contributed by atoms with van der Waals surface area (Å²) in [5, 5.41) is 7.74.